The highest BCUT2D eigenvalue weighted by Crippen LogP contribution is 2.37. The van der Waals surface area contributed by atoms with Gasteiger partial charge in [-0.15, -0.1) is 0 Å². The molecule has 2 fully saturated rings. The molecular weight excluding hydrogens is 598 g/mol. The molecule has 12 heteroatoms. The maximum atomic E-state index is 12.0. The van der Waals surface area contributed by atoms with E-state index in [1.807, 2.05) is 74.5 Å². The minimum atomic E-state index is -0.859. The van der Waals surface area contributed by atoms with Crippen LogP contribution in [0.5, 0.6) is 0 Å². The molecule has 4 rings (SSSR count). The summed E-state index contributed by atoms with van der Waals surface area (Å²) >= 11 is 0. The van der Waals surface area contributed by atoms with E-state index in [1.165, 1.54) is 18.1 Å². The Kier molecular flexibility index (Phi) is 13.4. The molecule has 0 saturated carbocycles. The summed E-state index contributed by atoms with van der Waals surface area (Å²) in [7, 11) is 12.5. The summed E-state index contributed by atoms with van der Waals surface area (Å²) in [6, 6.07) is 19.1. The molecule has 2 aliphatic rings. The Hall–Kier alpha value is -3.89. The number of rotatable bonds is 10. The van der Waals surface area contributed by atoms with Gasteiger partial charge in [-0.2, -0.15) is 0 Å². The number of carbonyl (C=O) groups excluding carboxylic acids is 4. The van der Waals surface area contributed by atoms with E-state index in [-0.39, 0.29) is 30.6 Å². The molecule has 4 atom stereocenters. The summed E-state index contributed by atoms with van der Waals surface area (Å²) < 4.78 is 21.6. The average Bonchev–Trinajstić information content (AvgIpc) is 3.40. The van der Waals surface area contributed by atoms with Crippen molar-refractivity contribution in [3.05, 3.63) is 83.9 Å². The Morgan fingerprint density at radius 2 is 1.23 bits per heavy atom. The van der Waals surface area contributed by atoms with Gasteiger partial charge in [-0.25, -0.2) is 4.79 Å². The number of nitrogens with zero attached hydrogens (tertiary/aromatic N) is 2. The number of hydrogen-bond donors (Lipinski definition) is 0. The van der Waals surface area contributed by atoms with Gasteiger partial charge in [-0.1, -0.05) is 66.7 Å². The third-order valence-corrected chi connectivity index (χ3v) is 8.11. The van der Waals surface area contributed by atoms with Gasteiger partial charge in [0.25, 0.3) is 0 Å². The van der Waals surface area contributed by atoms with Gasteiger partial charge < -0.3 is 28.7 Å². The second-order valence-corrected chi connectivity index (χ2v) is 12.3. The first-order valence-corrected chi connectivity index (χ1v) is 15.7. The van der Waals surface area contributed by atoms with E-state index in [2.05, 4.69) is 4.74 Å². The van der Waals surface area contributed by atoms with Crippen molar-refractivity contribution in [2.24, 2.45) is 0 Å². The molecular formula is C35H44B2N2O8. The molecule has 10 nitrogen and oxygen atoms in total. The van der Waals surface area contributed by atoms with E-state index in [0.29, 0.717) is 25.9 Å². The van der Waals surface area contributed by atoms with Crippen molar-refractivity contribution in [3.63, 3.8) is 0 Å². The molecule has 2 aromatic carbocycles. The number of hydrogen-bond acceptors (Lipinski definition) is 8. The van der Waals surface area contributed by atoms with E-state index in [9.17, 15) is 19.2 Å². The highest BCUT2D eigenvalue weighted by Gasteiger charge is 2.49. The van der Waals surface area contributed by atoms with Crippen LogP contribution >= 0.6 is 0 Å². The van der Waals surface area contributed by atoms with Gasteiger partial charge in [0, 0.05) is 6.08 Å². The van der Waals surface area contributed by atoms with Crippen LogP contribution in [0.2, 0.25) is 0 Å². The molecule has 2 aromatic rings. The molecule has 2 amide bonds. The van der Waals surface area contributed by atoms with Gasteiger partial charge in [0.05, 0.1) is 44.4 Å². The van der Waals surface area contributed by atoms with E-state index < -0.39 is 35.1 Å². The molecule has 248 valence electrons. The highest BCUT2D eigenvalue weighted by atomic mass is 16.6. The Bertz CT molecular complexity index is 1390. The minimum Gasteiger partial charge on any atom is -0.466 e. The Morgan fingerprint density at radius 3 is 1.66 bits per heavy atom. The maximum Gasteiger partial charge on any atom is 0.330 e. The van der Waals surface area contributed by atoms with Crippen molar-refractivity contribution in [1.29, 1.82) is 0 Å². The van der Waals surface area contributed by atoms with E-state index in [1.54, 1.807) is 31.7 Å². The van der Waals surface area contributed by atoms with Gasteiger partial charge >= 0.3 is 11.9 Å². The van der Waals surface area contributed by atoms with E-state index >= 15 is 0 Å². The zero-order chi connectivity index (χ0) is 34.8. The monoisotopic (exact) mass is 642 g/mol. The molecule has 0 aromatic heterocycles. The molecule has 0 unspecified atom stereocenters. The predicted octanol–water partition coefficient (Wildman–Crippen LogP) is 4.72. The summed E-state index contributed by atoms with van der Waals surface area (Å²) in [6.07, 6.45) is 4.14. The lowest BCUT2D eigenvalue weighted by Gasteiger charge is -2.33. The summed E-state index contributed by atoms with van der Waals surface area (Å²) in [4.78, 5) is 50.1. The molecule has 4 radical (unpaired) electrons. The fourth-order valence-electron chi connectivity index (χ4n) is 6.29. The number of amides is 2. The van der Waals surface area contributed by atoms with Crippen LogP contribution in [0, 0.1) is 0 Å². The topological polar surface area (TPSA) is 112 Å². The quantitative estimate of drug-likeness (QED) is 0.208. The van der Waals surface area contributed by atoms with Crippen molar-refractivity contribution in [2.45, 2.75) is 96.0 Å². The van der Waals surface area contributed by atoms with E-state index in [4.69, 9.17) is 29.9 Å². The Labute approximate surface area is 280 Å². The average molecular weight is 642 g/mol. The normalized spacial score (nSPS) is 22.8. The fraction of sp³-hybridized carbons (Fsp3) is 0.486. The number of carbonyl (C=O) groups is 4. The van der Waals surface area contributed by atoms with Crippen LogP contribution in [-0.4, -0.2) is 98.5 Å². The van der Waals surface area contributed by atoms with Crippen molar-refractivity contribution >= 4 is 39.2 Å². The molecule has 0 bridgehead atoms. The third-order valence-electron chi connectivity index (χ3n) is 8.11. The largest absolute Gasteiger partial charge is 0.466 e. The molecule has 0 aliphatic carbocycles. The van der Waals surface area contributed by atoms with Gasteiger partial charge in [0.2, 0.25) is 15.7 Å². The highest BCUT2D eigenvalue weighted by molar-refractivity contribution is 6.57. The zero-order valence-electron chi connectivity index (χ0n) is 28.1. The smallest absolute Gasteiger partial charge is 0.330 e. The van der Waals surface area contributed by atoms with Crippen molar-refractivity contribution in [3.8, 4) is 0 Å². The minimum absolute atomic E-state index is 0.0958. The summed E-state index contributed by atoms with van der Waals surface area (Å²) in [5, 5.41) is 0. The molecule has 0 N–H and O–H groups in total. The third kappa shape index (κ3) is 10.3. The van der Waals surface area contributed by atoms with Gasteiger partial charge in [0.15, 0.2) is 11.6 Å². The molecule has 47 heavy (non-hydrogen) atoms. The van der Waals surface area contributed by atoms with E-state index in [0.717, 1.165) is 11.1 Å². The standard InChI is InChI=1S/C18H22BNO4.C17H22BNO4/c1-18(2)20(17(19)22)14(12-13-8-5-4-6-9-13)15(24-18)10-7-11-16(21)23-3;1-4-22-15(20)11-14-13(10-12-8-6-5-7-9-12)19(16(18)21)17(2,3)23-14/h4-9,11,14-15H,10,12H2,1-3H3;5-9,13-14H,4,10-11H2,1-3H3/b11-7+;/t14-,15+;13-,14+/m00/s1. The Balaban J connectivity index is 0.000000256. The molecule has 2 heterocycles. The zero-order valence-corrected chi connectivity index (χ0v) is 28.1. The van der Waals surface area contributed by atoms with Crippen LogP contribution in [0.1, 0.15) is 58.6 Å². The van der Waals surface area contributed by atoms with Crippen LogP contribution < -0.4 is 0 Å². The lowest BCUT2D eigenvalue weighted by atomic mass is 9.95. The number of ether oxygens (including phenoxy) is 4. The second kappa shape index (κ2) is 16.8. The van der Waals surface area contributed by atoms with Gasteiger partial charge in [-0.3, -0.25) is 14.4 Å². The Morgan fingerprint density at radius 1 is 0.787 bits per heavy atom. The number of methoxy groups -OCH3 is 1. The van der Waals surface area contributed by atoms with Crippen LogP contribution in [-0.2, 0) is 41.4 Å². The number of benzene rings is 2. The lowest BCUT2D eigenvalue weighted by Crippen LogP contribution is -2.48. The van der Waals surface area contributed by atoms with Crippen LogP contribution in [0.25, 0.3) is 0 Å². The predicted molar refractivity (Wildman–Crippen MR) is 179 cm³/mol. The van der Waals surface area contributed by atoms with Crippen LogP contribution in [0.3, 0.4) is 0 Å². The fourth-order valence-corrected chi connectivity index (χ4v) is 6.29. The first kappa shape index (κ1) is 37.6. The summed E-state index contributed by atoms with van der Waals surface area (Å²) in [5.41, 5.74) is 0.494. The summed E-state index contributed by atoms with van der Waals surface area (Å²) in [6.45, 7) is 9.27. The van der Waals surface area contributed by atoms with Crippen molar-refractivity contribution < 1.29 is 38.1 Å². The lowest BCUT2D eigenvalue weighted by molar-refractivity contribution is -0.147. The van der Waals surface area contributed by atoms with Crippen LogP contribution in [0.4, 0.5) is 9.59 Å². The first-order chi connectivity index (χ1) is 22.2. The van der Waals surface area contributed by atoms with Crippen molar-refractivity contribution in [1.82, 2.24) is 9.80 Å². The summed E-state index contributed by atoms with van der Waals surface area (Å²) in [5.74, 6) is -1.82. The molecule has 2 saturated heterocycles. The van der Waals surface area contributed by atoms with Crippen molar-refractivity contribution in [2.75, 3.05) is 13.7 Å². The molecule has 2 aliphatic heterocycles. The second-order valence-electron chi connectivity index (χ2n) is 12.3. The van der Waals surface area contributed by atoms with Gasteiger partial charge in [0.1, 0.15) is 11.4 Å². The number of esters is 2. The molecule has 0 spiro atoms. The first-order valence-electron chi connectivity index (χ1n) is 15.7. The maximum absolute atomic E-state index is 12.0. The van der Waals surface area contributed by atoms with Crippen LogP contribution in [0.15, 0.2) is 72.8 Å². The van der Waals surface area contributed by atoms with Gasteiger partial charge in [-0.05, 0) is 65.0 Å². The SMILES string of the molecule is [B]C(=O)N1[C@@H](Cc2ccccc2)[C@@H](C/C=C/C(=O)OC)OC1(C)C.[B]C(=O)N1[C@@H](Cc2ccccc2)[C@@H](CC(=O)OCC)OC1(C)C.